The average molecular weight is 425 g/mol. The van der Waals surface area contributed by atoms with Crippen molar-refractivity contribution in [2.45, 2.75) is 71.6 Å². The van der Waals surface area contributed by atoms with Crippen LogP contribution in [-0.4, -0.2) is 29.2 Å². The zero-order valence-corrected chi connectivity index (χ0v) is 19.0. The van der Waals surface area contributed by atoms with Gasteiger partial charge in [-0.3, -0.25) is 4.79 Å². The van der Waals surface area contributed by atoms with Crippen LogP contribution < -0.4 is 4.74 Å². The number of benzene rings is 1. The standard InChI is InChI=1S/C26H36N2O3/c1-3-5-6-7-10-13-25(29)31-24-20-27-26(28-21-24)23-16-14-22(15-17-23)12-9-8-11-19-30-18-4-2/h7,10,14-17,20-21H,3-6,8-9,11-13,18-19H2,1-2H3. The molecule has 0 aliphatic heterocycles. The number of allylic oxidation sites excluding steroid dienone is 1. The summed E-state index contributed by atoms with van der Waals surface area (Å²) in [6.45, 7) is 6.01. The van der Waals surface area contributed by atoms with Gasteiger partial charge in [-0.2, -0.15) is 0 Å². The minimum absolute atomic E-state index is 0.263. The van der Waals surface area contributed by atoms with E-state index in [-0.39, 0.29) is 12.4 Å². The topological polar surface area (TPSA) is 61.3 Å². The summed E-state index contributed by atoms with van der Waals surface area (Å²) in [5, 5.41) is 0. The van der Waals surface area contributed by atoms with Gasteiger partial charge in [0.2, 0.25) is 0 Å². The molecular formula is C26H36N2O3. The molecule has 0 aliphatic carbocycles. The van der Waals surface area contributed by atoms with Crippen LogP contribution in [0.2, 0.25) is 0 Å². The molecule has 0 amide bonds. The number of aromatic nitrogens is 2. The van der Waals surface area contributed by atoms with E-state index in [4.69, 9.17) is 9.47 Å². The van der Waals surface area contributed by atoms with E-state index in [0.717, 1.165) is 57.3 Å². The Bertz CT molecular complexity index is 770. The predicted octanol–water partition coefficient (Wildman–Crippen LogP) is 6.32. The summed E-state index contributed by atoms with van der Waals surface area (Å²) in [4.78, 5) is 20.6. The smallest absolute Gasteiger partial charge is 0.315 e. The van der Waals surface area contributed by atoms with Crippen molar-refractivity contribution in [1.82, 2.24) is 9.97 Å². The Labute approximate surface area is 186 Å². The molecule has 5 heteroatoms. The molecule has 2 rings (SSSR count). The molecule has 2 aromatic rings. The Morgan fingerprint density at radius 3 is 2.39 bits per heavy atom. The Morgan fingerprint density at radius 1 is 0.903 bits per heavy atom. The molecule has 0 saturated heterocycles. The van der Waals surface area contributed by atoms with Crippen molar-refractivity contribution in [3.05, 3.63) is 54.4 Å². The molecule has 0 bridgehead atoms. The molecule has 0 spiro atoms. The highest BCUT2D eigenvalue weighted by molar-refractivity contribution is 5.73. The molecule has 1 aromatic heterocycles. The highest BCUT2D eigenvalue weighted by Gasteiger charge is 2.06. The van der Waals surface area contributed by atoms with Crippen LogP contribution in [0.5, 0.6) is 5.75 Å². The quantitative estimate of drug-likeness (QED) is 0.190. The van der Waals surface area contributed by atoms with Gasteiger partial charge in [-0.1, -0.05) is 69.5 Å². The van der Waals surface area contributed by atoms with E-state index in [0.29, 0.717) is 11.6 Å². The fourth-order valence-electron chi connectivity index (χ4n) is 3.09. The highest BCUT2D eigenvalue weighted by atomic mass is 16.5. The molecule has 0 unspecified atom stereocenters. The van der Waals surface area contributed by atoms with Crippen molar-refractivity contribution in [2.75, 3.05) is 13.2 Å². The van der Waals surface area contributed by atoms with Crippen LogP contribution >= 0.6 is 0 Å². The van der Waals surface area contributed by atoms with Crippen LogP contribution in [0.1, 0.15) is 70.8 Å². The molecule has 1 heterocycles. The van der Waals surface area contributed by atoms with Gasteiger partial charge in [0.05, 0.1) is 18.8 Å². The van der Waals surface area contributed by atoms with Gasteiger partial charge in [-0.05, 0) is 37.7 Å². The van der Waals surface area contributed by atoms with Gasteiger partial charge < -0.3 is 9.47 Å². The van der Waals surface area contributed by atoms with Crippen LogP contribution in [0, 0.1) is 0 Å². The summed E-state index contributed by atoms with van der Waals surface area (Å²) >= 11 is 0. The molecular weight excluding hydrogens is 388 g/mol. The Kier molecular flexibility index (Phi) is 12.2. The van der Waals surface area contributed by atoms with Crippen molar-refractivity contribution in [1.29, 1.82) is 0 Å². The molecule has 0 radical (unpaired) electrons. The maximum absolute atomic E-state index is 11.9. The maximum Gasteiger partial charge on any atom is 0.315 e. The Morgan fingerprint density at radius 2 is 1.68 bits per heavy atom. The summed E-state index contributed by atoms with van der Waals surface area (Å²) in [6.07, 6.45) is 16.1. The monoisotopic (exact) mass is 424 g/mol. The third-order valence-corrected chi connectivity index (χ3v) is 4.85. The second-order valence-electron chi connectivity index (χ2n) is 7.65. The first-order chi connectivity index (χ1) is 15.2. The van der Waals surface area contributed by atoms with Crippen LogP contribution in [0.4, 0.5) is 0 Å². The van der Waals surface area contributed by atoms with Crippen LogP contribution in [-0.2, 0) is 16.0 Å². The number of carbonyl (C=O) groups is 1. The van der Waals surface area contributed by atoms with E-state index in [1.807, 2.05) is 24.3 Å². The largest absolute Gasteiger partial charge is 0.423 e. The molecule has 0 atom stereocenters. The molecule has 0 saturated carbocycles. The number of hydrogen-bond acceptors (Lipinski definition) is 5. The molecule has 168 valence electrons. The van der Waals surface area contributed by atoms with Gasteiger partial charge in [0, 0.05) is 18.8 Å². The normalized spacial score (nSPS) is 11.2. The second kappa shape index (κ2) is 15.3. The van der Waals surface area contributed by atoms with Crippen LogP contribution in [0.25, 0.3) is 11.4 Å². The third kappa shape index (κ3) is 10.4. The number of carbonyl (C=O) groups excluding carboxylic acids is 1. The van der Waals surface area contributed by atoms with Crippen molar-refractivity contribution >= 4 is 5.97 Å². The number of aryl methyl sites for hydroxylation is 1. The second-order valence-corrected chi connectivity index (χ2v) is 7.65. The molecule has 0 fully saturated rings. The summed E-state index contributed by atoms with van der Waals surface area (Å²) in [5.74, 6) is 0.694. The summed E-state index contributed by atoms with van der Waals surface area (Å²) in [6, 6.07) is 8.35. The fourth-order valence-corrected chi connectivity index (χ4v) is 3.09. The predicted molar refractivity (Wildman–Crippen MR) is 125 cm³/mol. The van der Waals surface area contributed by atoms with Crippen LogP contribution in [0.15, 0.2) is 48.8 Å². The van der Waals surface area contributed by atoms with E-state index in [1.54, 1.807) is 12.4 Å². The fraction of sp³-hybridized carbons (Fsp3) is 0.500. The summed E-state index contributed by atoms with van der Waals surface area (Å²) in [7, 11) is 0. The average Bonchev–Trinajstić information content (AvgIpc) is 2.79. The number of hydrogen-bond donors (Lipinski definition) is 0. The molecule has 1 aromatic carbocycles. The van der Waals surface area contributed by atoms with Crippen molar-refractivity contribution < 1.29 is 14.3 Å². The van der Waals surface area contributed by atoms with E-state index in [1.165, 1.54) is 18.4 Å². The van der Waals surface area contributed by atoms with Crippen molar-refractivity contribution in [2.24, 2.45) is 0 Å². The maximum atomic E-state index is 11.9. The SMILES string of the molecule is CCCCC=CCC(=O)Oc1cnc(-c2ccc(CCCCCOCCC)cc2)nc1. The number of nitrogens with zero attached hydrogens (tertiary/aromatic N) is 2. The molecule has 5 nitrogen and oxygen atoms in total. The lowest BCUT2D eigenvalue weighted by Crippen LogP contribution is -2.07. The minimum atomic E-state index is -0.301. The lowest BCUT2D eigenvalue weighted by molar-refractivity contribution is -0.133. The number of rotatable bonds is 15. The van der Waals surface area contributed by atoms with Crippen LogP contribution in [0.3, 0.4) is 0 Å². The van der Waals surface area contributed by atoms with E-state index >= 15 is 0 Å². The van der Waals surface area contributed by atoms with Gasteiger partial charge in [0.1, 0.15) is 0 Å². The highest BCUT2D eigenvalue weighted by Crippen LogP contribution is 2.18. The molecule has 31 heavy (non-hydrogen) atoms. The minimum Gasteiger partial charge on any atom is -0.423 e. The van der Waals surface area contributed by atoms with E-state index in [9.17, 15) is 4.79 Å². The first-order valence-electron chi connectivity index (χ1n) is 11.6. The zero-order chi connectivity index (χ0) is 22.2. The number of unbranched alkanes of at least 4 members (excludes halogenated alkanes) is 4. The van der Waals surface area contributed by atoms with Gasteiger partial charge in [-0.25, -0.2) is 9.97 Å². The molecule has 0 aliphatic rings. The Hall–Kier alpha value is -2.53. The first-order valence-corrected chi connectivity index (χ1v) is 11.6. The Balaban J connectivity index is 1.74. The summed E-state index contributed by atoms with van der Waals surface area (Å²) in [5.41, 5.74) is 2.27. The summed E-state index contributed by atoms with van der Waals surface area (Å²) < 4.78 is 10.8. The van der Waals surface area contributed by atoms with Crippen molar-refractivity contribution in [3.8, 4) is 17.1 Å². The number of ether oxygens (including phenoxy) is 2. The lowest BCUT2D eigenvalue weighted by atomic mass is 10.0. The van der Waals surface area contributed by atoms with Gasteiger partial charge >= 0.3 is 5.97 Å². The van der Waals surface area contributed by atoms with Gasteiger partial charge in [-0.15, -0.1) is 0 Å². The van der Waals surface area contributed by atoms with Gasteiger partial charge in [0.25, 0.3) is 0 Å². The van der Waals surface area contributed by atoms with E-state index in [2.05, 4.69) is 35.9 Å². The third-order valence-electron chi connectivity index (χ3n) is 4.85. The first kappa shape index (κ1) is 24.7. The number of esters is 1. The lowest BCUT2D eigenvalue weighted by Gasteiger charge is -2.06. The van der Waals surface area contributed by atoms with E-state index < -0.39 is 0 Å². The van der Waals surface area contributed by atoms with Crippen molar-refractivity contribution in [3.63, 3.8) is 0 Å². The zero-order valence-electron chi connectivity index (χ0n) is 19.0. The van der Waals surface area contributed by atoms with Gasteiger partial charge in [0.15, 0.2) is 11.6 Å². The molecule has 0 N–H and O–H groups in total.